The number of benzene rings is 1. The highest BCUT2D eigenvalue weighted by molar-refractivity contribution is 9.10. The van der Waals surface area contributed by atoms with Gasteiger partial charge in [-0.15, -0.1) is 0 Å². The van der Waals surface area contributed by atoms with Crippen LogP contribution in [-0.4, -0.2) is 37.4 Å². The van der Waals surface area contributed by atoms with Crippen LogP contribution in [0, 0.1) is 11.7 Å². The van der Waals surface area contributed by atoms with Crippen molar-refractivity contribution in [3.63, 3.8) is 0 Å². The standard InChI is InChI=1S/C11H13BrFNO4S/c1-7(11(15)16)6-14(2)19(17,18)8-3-4-9(12)10(13)5-8/h3-5,7H,6H2,1-2H3,(H,15,16). The van der Waals surface area contributed by atoms with Gasteiger partial charge in [0.15, 0.2) is 0 Å². The first-order valence-corrected chi connectivity index (χ1v) is 7.53. The fourth-order valence-corrected chi connectivity index (χ4v) is 2.90. The van der Waals surface area contributed by atoms with Gasteiger partial charge in [-0.3, -0.25) is 4.79 Å². The van der Waals surface area contributed by atoms with Crippen molar-refractivity contribution in [1.82, 2.24) is 4.31 Å². The number of rotatable bonds is 5. The number of nitrogens with zero attached hydrogens (tertiary/aromatic N) is 1. The zero-order valence-corrected chi connectivity index (χ0v) is 12.7. The van der Waals surface area contributed by atoms with Crippen molar-refractivity contribution < 1.29 is 22.7 Å². The molecule has 106 valence electrons. The predicted octanol–water partition coefficient (Wildman–Crippen LogP) is 1.93. The summed E-state index contributed by atoms with van der Waals surface area (Å²) < 4.78 is 38.6. The average Bonchev–Trinajstić information content (AvgIpc) is 2.32. The number of sulfonamides is 1. The molecule has 1 aromatic rings. The molecule has 0 bridgehead atoms. The Labute approximate surface area is 119 Å². The highest BCUT2D eigenvalue weighted by Gasteiger charge is 2.25. The maximum absolute atomic E-state index is 13.3. The second-order valence-electron chi connectivity index (χ2n) is 4.10. The lowest BCUT2D eigenvalue weighted by Gasteiger charge is -2.19. The largest absolute Gasteiger partial charge is 0.481 e. The van der Waals surface area contributed by atoms with E-state index in [2.05, 4.69) is 15.9 Å². The Morgan fingerprint density at radius 3 is 2.58 bits per heavy atom. The third-order valence-corrected chi connectivity index (χ3v) is 5.01. The maximum Gasteiger partial charge on any atom is 0.307 e. The molecular weight excluding hydrogens is 341 g/mol. The molecule has 5 nitrogen and oxygen atoms in total. The van der Waals surface area contributed by atoms with Gasteiger partial charge in [-0.2, -0.15) is 0 Å². The van der Waals surface area contributed by atoms with E-state index in [0.29, 0.717) is 0 Å². The highest BCUT2D eigenvalue weighted by atomic mass is 79.9. The summed E-state index contributed by atoms with van der Waals surface area (Å²) >= 11 is 2.93. The zero-order chi connectivity index (χ0) is 14.8. The Morgan fingerprint density at radius 2 is 2.11 bits per heavy atom. The van der Waals surface area contributed by atoms with E-state index in [1.54, 1.807) is 0 Å². The molecular formula is C11H13BrFNO4S. The van der Waals surface area contributed by atoms with Crippen LogP contribution in [0.15, 0.2) is 27.6 Å². The van der Waals surface area contributed by atoms with Crippen LogP contribution < -0.4 is 0 Å². The Bertz CT molecular complexity index is 590. The average molecular weight is 354 g/mol. The van der Waals surface area contributed by atoms with Crippen LogP contribution in [-0.2, 0) is 14.8 Å². The first-order valence-electron chi connectivity index (χ1n) is 5.30. The first-order chi connectivity index (χ1) is 8.66. The van der Waals surface area contributed by atoms with Crippen molar-refractivity contribution in [3.05, 3.63) is 28.5 Å². The molecule has 0 radical (unpaired) electrons. The van der Waals surface area contributed by atoms with Gasteiger partial charge in [0.1, 0.15) is 5.82 Å². The quantitative estimate of drug-likeness (QED) is 0.877. The van der Waals surface area contributed by atoms with Gasteiger partial charge in [-0.05, 0) is 34.1 Å². The van der Waals surface area contributed by atoms with Crippen LogP contribution in [0.2, 0.25) is 0 Å². The molecule has 1 N–H and O–H groups in total. The van der Waals surface area contributed by atoms with Gasteiger partial charge in [0.2, 0.25) is 10.0 Å². The number of halogens is 2. The van der Waals surface area contributed by atoms with Gasteiger partial charge in [-0.1, -0.05) is 6.92 Å². The van der Waals surface area contributed by atoms with Crippen LogP contribution in [0.1, 0.15) is 6.92 Å². The molecule has 0 saturated heterocycles. The summed E-state index contributed by atoms with van der Waals surface area (Å²) in [6.07, 6.45) is 0. The van der Waals surface area contributed by atoms with E-state index in [4.69, 9.17) is 5.11 Å². The summed E-state index contributed by atoms with van der Waals surface area (Å²) in [4.78, 5) is 10.5. The van der Waals surface area contributed by atoms with Crippen molar-refractivity contribution in [3.8, 4) is 0 Å². The lowest BCUT2D eigenvalue weighted by atomic mass is 10.2. The molecule has 0 fully saturated rings. The minimum atomic E-state index is -3.90. The first kappa shape index (κ1) is 16.1. The SMILES string of the molecule is CC(CN(C)S(=O)(=O)c1ccc(Br)c(F)c1)C(=O)O. The van der Waals surface area contributed by atoms with Gasteiger partial charge in [0.25, 0.3) is 0 Å². The van der Waals surface area contributed by atoms with Crippen LogP contribution in [0.5, 0.6) is 0 Å². The van der Waals surface area contributed by atoms with Crippen LogP contribution in [0.3, 0.4) is 0 Å². The normalized spacial score (nSPS) is 13.5. The second kappa shape index (κ2) is 5.98. The summed E-state index contributed by atoms with van der Waals surface area (Å²) in [5.74, 6) is -2.63. The lowest BCUT2D eigenvalue weighted by molar-refractivity contribution is -0.141. The molecule has 0 aromatic heterocycles. The van der Waals surface area contributed by atoms with Gasteiger partial charge >= 0.3 is 5.97 Å². The molecule has 0 heterocycles. The van der Waals surface area contributed by atoms with E-state index in [0.717, 1.165) is 10.4 Å². The molecule has 19 heavy (non-hydrogen) atoms. The number of carbonyl (C=O) groups is 1. The molecule has 8 heteroatoms. The summed E-state index contributed by atoms with van der Waals surface area (Å²) in [5, 5.41) is 8.76. The van der Waals surface area contributed by atoms with Crippen molar-refractivity contribution >= 4 is 31.9 Å². The molecule has 0 aliphatic rings. The lowest BCUT2D eigenvalue weighted by Crippen LogP contribution is -2.33. The predicted molar refractivity (Wildman–Crippen MR) is 70.7 cm³/mol. The van der Waals surface area contributed by atoms with Gasteiger partial charge in [-0.25, -0.2) is 17.1 Å². The van der Waals surface area contributed by atoms with Gasteiger partial charge in [0, 0.05) is 13.6 Å². The number of hydrogen-bond donors (Lipinski definition) is 1. The summed E-state index contributed by atoms with van der Waals surface area (Å²) in [7, 11) is -2.64. The Kier molecular flexibility index (Phi) is 5.05. The number of hydrogen-bond acceptors (Lipinski definition) is 3. The molecule has 1 rings (SSSR count). The van der Waals surface area contributed by atoms with Crippen molar-refractivity contribution in [2.45, 2.75) is 11.8 Å². The van der Waals surface area contributed by atoms with Gasteiger partial charge in [0.05, 0.1) is 15.3 Å². The van der Waals surface area contributed by atoms with E-state index in [1.807, 2.05) is 0 Å². The van der Waals surface area contributed by atoms with E-state index >= 15 is 0 Å². The smallest absolute Gasteiger partial charge is 0.307 e. The molecule has 0 aliphatic heterocycles. The van der Waals surface area contributed by atoms with E-state index in [9.17, 15) is 17.6 Å². The fourth-order valence-electron chi connectivity index (χ4n) is 1.38. The van der Waals surface area contributed by atoms with E-state index in [1.165, 1.54) is 26.1 Å². The molecule has 0 amide bonds. The molecule has 1 aromatic carbocycles. The number of carboxylic acids is 1. The minimum Gasteiger partial charge on any atom is -0.481 e. The van der Waals surface area contributed by atoms with Crippen molar-refractivity contribution in [2.24, 2.45) is 5.92 Å². The number of aliphatic carboxylic acids is 1. The monoisotopic (exact) mass is 353 g/mol. The highest BCUT2D eigenvalue weighted by Crippen LogP contribution is 2.21. The summed E-state index contributed by atoms with van der Waals surface area (Å²) in [5.41, 5.74) is 0. The summed E-state index contributed by atoms with van der Waals surface area (Å²) in [6.45, 7) is 1.21. The Balaban J connectivity index is 3.03. The third kappa shape index (κ3) is 3.74. The maximum atomic E-state index is 13.3. The van der Waals surface area contributed by atoms with Crippen LogP contribution in [0.4, 0.5) is 4.39 Å². The molecule has 0 saturated carbocycles. The van der Waals surface area contributed by atoms with Crippen molar-refractivity contribution in [1.29, 1.82) is 0 Å². The minimum absolute atomic E-state index is 0.160. The van der Waals surface area contributed by atoms with Gasteiger partial charge < -0.3 is 5.11 Å². The van der Waals surface area contributed by atoms with E-state index < -0.39 is 27.7 Å². The number of carboxylic acid groups (broad SMARTS) is 1. The van der Waals surface area contributed by atoms with Crippen molar-refractivity contribution in [2.75, 3.05) is 13.6 Å². The van der Waals surface area contributed by atoms with E-state index in [-0.39, 0.29) is 15.9 Å². The summed E-state index contributed by atoms with van der Waals surface area (Å²) in [6, 6.07) is 3.43. The van der Waals surface area contributed by atoms with Crippen LogP contribution in [0.25, 0.3) is 0 Å². The Morgan fingerprint density at radius 1 is 1.53 bits per heavy atom. The molecule has 0 aliphatic carbocycles. The topological polar surface area (TPSA) is 74.7 Å². The third-order valence-electron chi connectivity index (χ3n) is 2.55. The van der Waals surface area contributed by atoms with Crippen LogP contribution >= 0.6 is 15.9 Å². The fraction of sp³-hybridized carbons (Fsp3) is 0.364. The second-order valence-corrected chi connectivity index (χ2v) is 7.00. The molecule has 1 atom stereocenters. The molecule has 1 unspecified atom stereocenters. The Hall–Kier alpha value is -0.990. The molecule has 0 spiro atoms. The zero-order valence-electron chi connectivity index (χ0n) is 10.3.